The molecule has 3 N–H and O–H groups in total. The first-order valence-corrected chi connectivity index (χ1v) is 10.3. The van der Waals surface area contributed by atoms with Crippen molar-refractivity contribution in [2.24, 2.45) is 5.73 Å². The maximum Gasteiger partial charge on any atom is 0.389 e. The molecule has 4 amide bonds. The zero-order valence-corrected chi connectivity index (χ0v) is 17.0. The number of nitrogens with one attached hydrogen (secondary N) is 1. The molecule has 3 heterocycles. The summed E-state index contributed by atoms with van der Waals surface area (Å²) in [5.41, 5.74) is 6.20. The second-order valence-corrected chi connectivity index (χ2v) is 7.99. The smallest absolute Gasteiger partial charge is 0.389 e. The molecule has 1 unspecified atom stereocenters. The molecule has 9 nitrogen and oxygen atoms in total. The Labute approximate surface area is 180 Å². The van der Waals surface area contributed by atoms with Gasteiger partial charge in [-0.1, -0.05) is 6.07 Å². The number of hydrogen-bond donors (Lipinski definition) is 2. The van der Waals surface area contributed by atoms with Crippen molar-refractivity contribution in [2.45, 2.75) is 62.9 Å². The summed E-state index contributed by atoms with van der Waals surface area (Å²) in [7, 11) is 0. The number of primary amides is 1. The van der Waals surface area contributed by atoms with Gasteiger partial charge < -0.3 is 15.8 Å². The Morgan fingerprint density at radius 2 is 1.94 bits per heavy atom. The molecule has 172 valence electrons. The Bertz CT molecular complexity index is 1050. The first kappa shape index (κ1) is 21.9. The highest BCUT2D eigenvalue weighted by Gasteiger charge is 2.44. The number of hydrogen-bond acceptors (Lipinski definition) is 5. The second kappa shape index (κ2) is 8.32. The molecular formula is C20H22F3N5O4. The minimum absolute atomic E-state index is 0.120. The van der Waals surface area contributed by atoms with Gasteiger partial charge in [-0.3, -0.25) is 14.5 Å². The lowest BCUT2D eigenvalue weighted by molar-refractivity contribution is -0.140. The Balaban J connectivity index is 1.38. The van der Waals surface area contributed by atoms with Crippen molar-refractivity contribution in [1.82, 2.24) is 19.8 Å². The molecule has 2 aliphatic rings. The summed E-state index contributed by atoms with van der Waals surface area (Å²) in [5, 5.41) is 6.62. The van der Waals surface area contributed by atoms with E-state index in [9.17, 15) is 27.6 Å². The maximum absolute atomic E-state index is 12.5. The molecule has 2 aromatic rings. The number of carbonyl (C=O) groups is 3. The first-order valence-electron chi connectivity index (χ1n) is 10.3. The number of urea groups is 1. The fourth-order valence-electron chi connectivity index (χ4n) is 4.27. The molecule has 1 saturated heterocycles. The molecule has 1 aliphatic carbocycles. The number of halogens is 3. The van der Waals surface area contributed by atoms with Crippen molar-refractivity contribution >= 4 is 23.4 Å². The average Bonchev–Trinajstić information content (AvgIpc) is 3.23. The van der Waals surface area contributed by atoms with Crippen LogP contribution in [0.25, 0.3) is 5.52 Å². The number of fused-ring (bicyclic) bond motifs is 1. The summed E-state index contributed by atoms with van der Waals surface area (Å²) in [6.45, 7) is 0. The van der Waals surface area contributed by atoms with Gasteiger partial charge in [0, 0.05) is 18.7 Å². The third kappa shape index (κ3) is 4.34. The summed E-state index contributed by atoms with van der Waals surface area (Å²) in [6, 6.07) is 2.95. The lowest BCUT2D eigenvalue weighted by Crippen LogP contribution is -2.44. The van der Waals surface area contributed by atoms with E-state index in [4.69, 9.17) is 10.5 Å². The van der Waals surface area contributed by atoms with Crippen LogP contribution in [-0.2, 0) is 4.79 Å². The van der Waals surface area contributed by atoms with Crippen molar-refractivity contribution in [3.05, 3.63) is 30.0 Å². The van der Waals surface area contributed by atoms with Gasteiger partial charge in [0.1, 0.15) is 17.7 Å². The van der Waals surface area contributed by atoms with E-state index in [1.165, 1.54) is 4.52 Å². The molecule has 1 aliphatic heterocycles. The van der Waals surface area contributed by atoms with E-state index >= 15 is 0 Å². The van der Waals surface area contributed by atoms with Gasteiger partial charge in [0.25, 0.3) is 11.8 Å². The predicted octanol–water partition coefficient (Wildman–Crippen LogP) is 2.39. The Morgan fingerprint density at radius 3 is 2.59 bits per heavy atom. The molecule has 2 aromatic heterocycles. The number of rotatable bonds is 6. The third-order valence-corrected chi connectivity index (χ3v) is 5.81. The van der Waals surface area contributed by atoms with E-state index < -0.39 is 48.9 Å². The first-order chi connectivity index (χ1) is 15.1. The van der Waals surface area contributed by atoms with Crippen LogP contribution in [0.15, 0.2) is 24.4 Å². The van der Waals surface area contributed by atoms with E-state index in [2.05, 4.69) is 10.4 Å². The molecule has 1 atom stereocenters. The maximum atomic E-state index is 12.5. The number of carbonyl (C=O) groups excluding carboxylic acids is 3. The van der Waals surface area contributed by atoms with Crippen LogP contribution in [0.2, 0.25) is 0 Å². The molecule has 0 spiro atoms. The largest absolute Gasteiger partial charge is 0.473 e. The van der Waals surface area contributed by atoms with Gasteiger partial charge in [-0.2, -0.15) is 13.2 Å². The molecule has 0 bridgehead atoms. The number of nitrogens with two attached hydrogens (primary N) is 1. The number of pyridine rings is 1. The van der Waals surface area contributed by atoms with Crippen molar-refractivity contribution in [1.29, 1.82) is 0 Å². The van der Waals surface area contributed by atoms with Crippen molar-refractivity contribution < 1.29 is 32.3 Å². The number of imide groups is 1. The topological polar surface area (TPSA) is 119 Å². The summed E-state index contributed by atoms with van der Waals surface area (Å²) < 4.78 is 44.8. The number of nitrogens with zero attached hydrogens (tertiary/aromatic N) is 3. The predicted molar refractivity (Wildman–Crippen MR) is 105 cm³/mol. The fourth-order valence-corrected chi connectivity index (χ4v) is 4.27. The van der Waals surface area contributed by atoms with Crippen molar-refractivity contribution in [2.75, 3.05) is 0 Å². The number of aromatic nitrogens is 2. The van der Waals surface area contributed by atoms with Crippen molar-refractivity contribution in [3.63, 3.8) is 0 Å². The van der Waals surface area contributed by atoms with E-state index in [0.29, 0.717) is 31.2 Å². The zero-order valence-electron chi connectivity index (χ0n) is 17.0. The van der Waals surface area contributed by atoms with Crippen LogP contribution in [0.3, 0.4) is 0 Å². The van der Waals surface area contributed by atoms with Gasteiger partial charge in [-0.15, -0.1) is 5.10 Å². The van der Waals surface area contributed by atoms with Gasteiger partial charge in [-0.05, 0) is 44.2 Å². The highest BCUT2D eigenvalue weighted by atomic mass is 19.4. The summed E-state index contributed by atoms with van der Waals surface area (Å²) in [4.78, 5) is 37.7. The molecule has 1 saturated carbocycles. The van der Waals surface area contributed by atoms with Crippen LogP contribution in [0.1, 0.15) is 48.9 Å². The molecule has 12 heteroatoms. The minimum atomic E-state index is -4.39. The molecular weight excluding hydrogens is 431 g/mol. The van der Waals surface area contributed by atoms with Crippen LogP contribution >= 0.6 is 0 Å². The van der Waals surface area contributed by atoms with Gasteiger partial charge in [0.05, 0.1) is 5.52 Å². The van der Waals surface area contributed by atoms with Crippen LogP contribution in [-0.4, -0.2) is 56.7 Å². The SMILES string of the molecule is NC(=O)c1c(OC2CCC(N3C(=O)NC(CCC(F)(F)F)C3=O)CC2)nn2ccccc12. The van der Waals surface area contributed by atoms with E-state index in [0.717, 1.165) is 4.90 Å². The molecule has 0 radical (unpaired) electrons. The monoisotopic (exact) mass is 453 g/mol. The standard InChI is InChI=1S/C20H22F3N5O4/c21-20(22,23)9-8-13-18(30)28(19(31)25-13)11-4-6-12(7-5-11)32-17-15(16(24)29)14-3-1-2-10-27(14)26-17/h1-3,10-13H,4-9H2,(H2,24,29)(H,25,31). The van der Waals surface area contributed by atoms with Gasteiger partial charge in [0.2, 0.25) is 5.88 Å². The second-order valence-electron chi connectivity index (χ2n) is 7.99. The average molecular weight is 453 g/mol. The van der Waals surface area contributed by atoms with Crippen LogP contribution in [0, 0.1) is 0 Å². The van der Waals surface area contributed by atoms with Crippen LogP contribution in [0.5, 0.6) is 5.88 Å². The summed E-state index contributed by atoms with van der Waals surface area (Å²) in [5.74, 6) is -1.17. The number of alkyl halides is 3. The van der Waals surface area contributed by atoms with Crippen LogP contribution < -0.4 is 15.8 Å². The summed E-state index contributed by atoms with van der Waals surface area (Å²) in [6.07, 6.45) is -2.86. The van der Waals surface area contributed by atoms with Crippen LogP contribution in [0.4, 0.5) is 18.0 Å². The Hall–Kier alpha value is -3.31. The lowest BCUT2D eigenvalue weighted by Gasteiger charge is -2.32. The molecule has 32 heavy (non-hydrogen) atoms. The lowest BCUT2D eigenvalue weighted by atomic mass is 9.91. The highest BCUT2D eigenvalue weighted by Crippen LogP contribution is 2.31. The Morgan fingerprint density at radius 1 is 1.22 bits per heavy atom. The summed E-state index contributed by atoms with van der Waals surface area (Å²) >= 11 is 0. The number of ether oxygens (including phenoxy) is 1. The third-order valence-electron chi connectivity index (χ3n) is 5.81. The minimum Gasteiger partial charge on any atom is -0.473 e. The molecule has 0 aromatic carbocycles. The quantitative estimate of drug-likeness (QED) is 0.651. The van der Waals surface area contributed by atoms with E-state index in [1.807, 2.05) is 0 Å². The number of amides is 4. The normalized spacial score (nSPS) is 24.1. The fraction of sp³-hybridized carbons (Fsp3) is 0.500. The molecule has 4 rings (SSSR count). The highest BCUT2D eigenvalue weighted by molar-refractivity contribution is 6.04. The molecule has 2 fully saturated rings. The van der Waals surface area contributed by atoms with Crippen molar-refractivity contribution in [3.8, 4) is 5.88 Å². The Kier molecular flexibility index (Phi) is 5.70. The van der Waals surface area contributed by atoms with Gasteiger partial charge in [0.15, 0.2) is 0 Å². The van der Waals surface area contributed by atoms with Gasteiger partial charge >= 0.3 is 12.2 Å². The van der Waals surface area contributed by atoms with E-state index in [-0.39, 0.29) is 17.5 Å². The zero-order chi connectivity index (χ0) is 23.0. The van der Waals surface area contributed by atoms with Gasteiger partial charge in [-0.25, -0.2) is 9.31 Å². The van der Waals surface area contributed by atoms with E-state index in [1.54, 1.807) is 24.4 Å².